The van der Waals surface area contributed by atoms with Crippen LogP contribution in [-0.2, 0) is 11.0 Å². The molecule has 7 nitrogen and oxygen atoms in total. The molecule has 1 aliphatic heterocycles. The Labute approximate surface area is 193 Å². The van der Waals surface area contributed by atoms with Gasteiger partial charge in [0.15, 0.2) is 0 Å². The third kappa shape index (κ3) is 5.29. The number of benzene rings is 2. The number of thioether (sulfide) groups is 1. The molecule has 1 aliphatic rings. The summed E-state index contributed by atoms with van der Waals surface area (Å²) in [7, 11) is 0. The summed E-state index contributed by atoms with van der Waals surface area (Å²) in [6, 6.07) is 11.2. The lowest BCUT2D eigenvalue weighted by molar-refractivity contribution is -0.137. The Kier molecular flexibility index (Phi) is 6.59. The second kappa shape index (κ2) is 9.42. The number of tetrazole rings is 1. The van der Waals surface area contributed by atoms with E-state index in [9.17, 15) is 18.0 Å². The Morgan fingerprint density at radius 2 is 1.76 bits per heavy atom. The van der Waals surface area contributed by atoms with E-state index in [4.69, 9.17) is 0 Å². The molecule has 0 bridgehead atoms. The van der Waals surface area contributed by atoms with E-state index in [1.807, 2.05) is 36.9 Å². The molecular formula is C22H23F3N6OS. The van der Waals surface area contributed by atoms with Crippen molar-refractivity contribution in [3.8, 4) is 5.69 Å². The normalized spacial score (nSPS) is 14.6. The van der Waals surface area contributed by atoms with E-state index in [2.05, 4.69) is 15.5 Å². The first-order valence-electron chi connectivity index (χ1n) is 10.4. The third-order valence-electron chi connectivity index (χ3n) is 5.67. The van der Waals surface area contributed by atoms with Crippen LogP contribution in [0.1, 0.15) is 16.7 Å². The lowest BCUT2D eigenvalue weighted by atomic mass is 10.1. The molecule has 1 aromatic heterocycles. The average molecular weight is 477 g/mol. The van der Waals surface area contributed by atoms with Crippen LogP contribution >= 0.6 is 11.8 Å². The van der Waals surface area contributed by atoms with Crippen LogP contribution in [0.2, 0.25) is 0 Å². The molecule has 11 heteroatoms. The minimum Gasteiger partial charge on any atom is -0.368 e. The zero-order valence-corrected chi connectivity index (χ0v) is 19.0. The zero-order chi connectivity index (χ0) is 23.6. The van der Waals surface area contributed by atoms with E-state index >= 15 is 0 Å². The highest BCUT2D eigenvalue weighted by Crippen LogP contribution is 2.32. The van der Waals surface area contributed by atoms with Gasteiger partial charge in [-0.2, -0.15) is 17.9 Å². The van der Waals surface area contributed by atoms with Gasteiger partial charge in [-0.15, -0.1) is 5.10 Å². The number of halogens is 3. The Hall–Kier alpha value is -3.08. The number of carbonyl (C=O) groups is 1. The van der Waals surface area contributed by atoms with Crippen LogP contribution in [0.5, 0.6) is 0 Å². The first kappa shape index (κ1) is 23.1. The summed E-state index contributed by atoms with van der Waals surface area (Å²) in [5, 5.41) is 12.3. The van der Waals surface area contributed by atoms with E-state index in [0.29, 0.717) is 37.0 Å². The Morgan fingerprint density at radius 3 is 2.45 bits per heavy atom. The summed E-state index contributed by atoms with van der Waals surface area (Å²) >= 11 is 1.26. The molecule has 2 heterocycles. The number of anilines is 1. The minimum atomic E-state index is -4.38. The first-order chi connectivity index (χ1) is 15.7. The van der Waals surface area contributed by atoms with Crippen molar-refractivity contribution in [2.75, 3.05) is 36.8 Å². The molecule has 0 saturated carbocycles. The molecule has 174 valence electrons. The van der Waals surface area contributed by atoms with Gasteiger partial charge in [-0.05, 0) is 65.7 Å². The topological polar surface area (TPSA) is 67.2 Å². The van der Waals surface area contributed by atoms with Crippen LogP contribution in [0.25, 0.3) is 5.69 Å². The highest BCUT2D eigenvalue weighted by atomic mass is 32.2. The Bertz CT molecular complexity index is 1140. The zero-order valence-electron chi connectivity index (χ0n) is 18.2. The van der Waals surface area contributed by atoms with Gasteiger partial charge in [0.1, 0.15) is 0 Å². The van der Waals surface area contributed by atoms with Crippen LogP contribution < -0.4 is 4.90 Å². The number of hydrogen-bond acceptors (Lipinski definition) is 6. The molecule has 0 N–H and O–H groups in total. The van der Waals surface area contributed by atoms with E-state index in [1.165, 1.54) is 23.4 Å². The highest BCUT2D eigenvalue weighted by molar-refractivity contribution is 7.99. The van der Waals surface area contributed by atoms with Crippen molar-refractivity contribution in [2.24, 2.45) is 0 Å². The van der Waals surface area contributed by atoms with Crippen LogP contribution in [0.3, 0.4) is 0 Å². The van der Waals surface area contributed by atoms with Gasteiger partial charge in [-0.3, -0.25) is 4.79 Å². The summed E-state index contributed by atoms with van der Waals surface area (Å²) in [5.74, 6) is 0.118. The van der Waals surface area contributed by atoms with Gasteiger partial charge in [0.05, 0.1) is 17.0 Å². The molecule has 0 unspecified atom stereocenters. The van der Waals surface area contributed by atoms with Crippen molar-refractivity contribution in [2.45, 2.75) is 25.2 Å². The van der Waals surface area contributed by atoms with Gasteiger partial charge in [-0.25, -0.2) is 0 Å². The number of aryl methyl sites for hydroxylation is 2. The smallest absolute Gasteiger partial charge is 0.368 e. The largest absolute Gasteiger partial charge is 0.416 e. The number of carbonyl (C=O) groups excluding carboxylic acids is 1. The fraction of sp³-hybridized carbons (Fsp3) is 0.364. The fourth-order valence-corrected chi connectivity index (χ4v) is 4.39. The maximum absolute atomic E-state index is 13.0. The average Bonchev–Trinajstić information content (AvgIpc) is 3.27. The summed E-state index contributed by atoms with van der Waals surface area (Å²) in [6.07, 6.45) is -4.38. The predicted molar refractivity (Wildman–Crippen MR) is 120 cm³/mol. The molecule has 1 amide bonds. The van der Waals surface area contributed by atoms with E-state index in [1.54, 1.807) is 15.6 Å². The molecule has 1 saturated heterocycles. The molecule has 1 fully saturated rings. The Balaban J connectivity index is 1.34. The fourth-order valence-electron chi connectivity index (χ4n) is 3.60. The molecule has 2 aromatic carbocycles. The van der Waals surface area contributed by atoms with Gasteiger partial charge in [-0.1, -0.05) is 23.9 Å². The van der Waals surface area contributed by atoms with Crippen molar-refractivity contribution >= 4 is 23.4 Å². The standard InChI is InChI=1S/C22H23F3N6OS/c1-15-6-7-19(12-16(15)2)31-21(26-27-28-31)33-14-20(32)30-10-8-29(9-11-30)18-5-3-4-17(13-18)22(23,24)25/h3-7,12-13H,8-11,14H2,1-2H3. The second-order valence-electron chi connectivity index (χ2n) is 7.85. The highest BCUT2D eigenvalue weighted by Gasteiger charge is 2.31. The summed E-state index contributed by atoms with van der Waals surface area (Å²) in [4.78, 5) is 16.3. The van der Waals surface area contributed by atoms with Crippen LogP contribution in [0.15, 0.2) is 47.6 Å². The van der Waals surface area contributed by atoms with Crippen molar-refractivity contribution in [3.05, 3.63) is 59.2 Å². The summed E-state index contributed by atoms with van der Waals surface area (Å²) in [6.45, 7) is 5.87. The maximum Gasteiger partial charge on any atom is 0.416 e. The van der Waals surface area contributed by atoms with Gasteiger partial charge in [0, 0.05) is 31.9 Å². The molecule has 0 atom stereocenters. The number of alkyl halides is 3. The van der Waals surface area contributed by atoms with Crippen molar-refractivity contribution in [1.29, 1.82) is 0 Å². The predicted octanol–water partition coefficient (Wildman–Crippen LogP) is 3.74. The maximum atomic E-state index is 13.0. The molecule has 0 spiro atoms. The van der Waals surface area contributed by atoms with Crippen molar-refractivity contribution in [1.82, 2.24) is 25.1 Å². The number of piperazine rings is 1. The summed E-state index contributed by atoms with van der Waals surface area (Å²) in [5.41, 5.74) is 2.96. The van der Waals surface area contributed by atoms with Crippen molar-refractivity contribution < 1.29 is 18.0 Å². The second-order valence-corrected chi connectivity index (χ2v) is 8.79. The van der Waals surface area contributed by atoms with E-state index < -0.39 is 11.7 Å². The van der Waals surface area contributed by atoms with Gasteiger partial charge < -0.3 is 9.80 Å². The summed E-state index contributed by atoms with van der Waals surface area (Å²) < 4.78 is 40.6. The molecule has 0 aliphatic carbocycles. The molecule has 33 heavy (non-hydrogen) atoms. The number of aromatic nitrogens is 4. The first-order valence-corrected chi connectivity index (χ1v) is 11.4. The van der Waals surface area contributed by atoms with Gasteiger partial charge in [0.25, 0.3) is 0 Å². The Morgan fingerprint density at radius 1 is 1.00 bits per heavy atom. The third-order valence-corrected chi connectivity index (χ3v) is 6.58. The van der Waals surface area contributed by atoms with E-state index in [0.717, 1.165) is 23.4 Å². The van der Waals surface area contributed by atoms with Crippen molar-refractivity contribution in [3.63, 3.8) is 0 Å². The minimum absolute atomic E-state index is 0.0571. The number of amides is 1. The monoisotopic (exact) mass is 476 g/mol. The van der Waals surface area contributed by atoms with Crippen LogP contribution in [0, 0.1) is 13.8 Å². The SMILES string of the molecule is Cc1ccc(-n2nnnc2SCC(=O)N2CCN(c3cccc(C(F)(F)F)c3)CC2)cc1C. The lowest BCUT2D eigenvalue weighted by Gasteiger charge is -2.36. The van der Waals surface area contributed by atoms with E-state index in [-0.39, 0.29) is 11.7 Å². The van der Waals surface area contributed by atoms with Crippen LogP contribution in [-0.4, -0.2) is 62.9 Å². The number of hydrogen-bond donors (Lipinski definition) is 0. The molecule has 4 rings (SSSR count). The number of rotatable bonds is 5. The quantitative estimate of drug-likeness (QED) is 0.523. The van der Waals surface area contributed by atoms with Gasteiger partial charge >= 0.3 is 6.18 Å². The van der Waals surface area contributed by atoms with Crippen LogP contribution in [0.4, 0.5) is 18.9 Å². The number of nitrogens with zero attached hydrogens (tertiary/aromatic N) is 6. The molecular weight excluding hydrogens is 453 g/mol. The molecule has 0 radical (unpaired) electrons. The lowest BCUT2D eigenvalue weighted by Crippen LogP contribution is -2.49. The molecule has 3 aromatic rings. The van der Waals surface area contributed by atoms with Gasteiger partial charge in [0.2, 0.25) is 11.1 Å².